The highest BCUT2D eigenvalue weighted by atomic mass is 16.2. The standard InChI is InChI=1S/C24H23N5O/c1-17-7-5-10-20(15-17)25-24(30)28-14-6-11-21(28)23-22-13-12-19(16-29(22)27-26-23)18-8-3-2-4-9-18/h2-5,7-10,12-13,15-16,21H,6,11,14H2,1H3,(H,25,30). The van der Waals surface area contributed by atoms with Gasteiger partial charge in [-0.15, -0.1) is 5.10 Å². The van der Waals surface area contributed by atoms with Crippen molar-refractivity contribution >= 4 is 17.2 Å². The molecule has 5 rings (SSSR count). The molecule has 0 bridgehead atoms. The Morgan fingerprint density at radius 1 is 1.03 bits per heavy atom. The van der Waals surface area contributed by atoms with Crippen LogP contribution in [0.2, 0.25) is 0 Å². The maximum absolute atomic E-state index is 13.0. The molecule has 2 amide bonds. The second kappa shape index (κ2) is 7.63. The van der Waals surface area contributed by atoms with Crippen molar-refractivity contribution in [3.63, 3.8) is 0 Å². The minimum Gasteiger partial charge on any atom is -0.316 e. The van der Waals surface area contributed by atoms with Gasteiger partial charge in [0.15, 0.2) is 0 Å². The summed E-state index contributed by atoms with van der Waals surface area (Å²) in [6, 6.07) is 22.0. The Kier molecular flexibility index (Phi) is 4.67. The van der Waals surface area contributed by atoms with Crippen LogP contribution in [0.5, 0.6) is 0 Å². The van der Waals surface area contributed by atoms with Crippen LogP contribution in [0.15, 0.2) is 72.9 Å². The molecule has 3 heterocycles. The van der Waals surface area contributed by atoms with Crippen molar-refractivity contribution in [2.75, 3.05) is 11.9 Å². The number of rotatable bonds is 3. The highest BCUT2D eigenvalue weighted by Crippen LogP contribution is 2.34. The molecule has 2 aromatic heterocycles. The monoisotopic (exact) mass is 397 g/mol. The lowest BCUT2D eigenvalue weighted by molar-refractivity contribution is 0.206. The van der Waals surface area contributed by atoms with Crippen LogP contribution in [0.4, 0.5) is 10.5 Å². The number of carbonyl (C=O) groups excluding carboxylic acids is 1. The van der Waals surface area contributed by atoms with Gasteiger partial charge in [-0.25, -0.2) is 9.31 Å². The number of nitrogens with zero attached hydrogens (tertiary/aromatic N) is 4. The first-order chi connectivity index (χ1) is 14.7. The van der Waals surface area contributed by atoms with Gasteiger partial charge < -0.3 is 10.2 Å². The van der Waals surface area contributed by atoms with Crippen LogP contribution in [-0.4, -0.2) is 32.3 Å². The molecule has 1 unspecified atom stereocenters. The lowest BCUT2D eigenvalue weighted by Crippen LogP contribution is -2.34. The zero-order valence-electron chi connectivity index (χ0n) is 16.8. The third-order valence-corrected chi connectivity index (χ3v) is 5.65. The minimum atomic E-state index is -0.0924. The summed E-state index contributed by atoms with van der Waals surface area (Å²) < 4.78 is 1.81. The molecule has 0 radical (unpaired) electrons. The third-order valence-electron chi connectivity index (χ3n) is 5.65. The van der Waals surface area contributed by atoms with E-state index in [0.717, 1.165) is 46.4 Å². The van der Waals surface area contributed by atoms with E-state index in [-0.39, 0.29) is 12.1 Å². The number of aromatic nitrogens is 3. The molecule has 1 N–H and O–H groups in total. The molecule has 0 saturated carbocycles. The zero-order chi connectivity index (χ0) is 20.5. The summed E-state index contributed by atoms with van der Waals surface area (Å²) in [5.74, 6) is 0. The Labute approximate surface area is 175 Å². The summed E-state index contributed by atoms with van der Waals surface area (Å²) in [6.07, 6.45) is 3.83. The number of benzene rings is 2. The fourth-order valence-electron chi connectivity index (χ4n) is 4.16. The number of likely N-dealkylation sites (tertiary alicyclic amines) is 1. The number of carbonyl (C=O) groups is 1. The maximum Gasteiger partial charge on any atom is 0.322 e. The van der Waals surface area contributed by atoms with E-state index in [1.54, 1.807) is 0 Å². The number of pyridine rings is 1. The van der Waals surface area contributed by atoms with E-state index in [1.807, 2.05) is 71.1 Å². The maximum atomic E-state index is 13.0. The molecule has 4 aromatic rings. The van der Waals surface area contributed by atoms with Crippen LogP contribution in [-0.2, 0) is 0 Å². The second-order valence-electron chi connectivity index (χ2n) is 7.74. The van der Waals surface area contributed by atoms with Gasteiger partial charge in [-0.1, -0.05) is 53.7 Å². The summed E-state index contributed by atoms with van der Waals surface area (Å²) in [5, 5.41) is 11.8. The SMILES string of the molecule is Cc1cccc(NC(=O)N2CCCC2c2nnn3cc(-c4ccccc4)ccc23)c1. The van der Waals surface area contributed by atoms with Crippen molar-refractivity contribution < 1.29 is 4.79 Å². The zero-order valence-corrected chi connectivity index (χ0v) is 16.8. The van der Waals surface area contributed by atoms with Crippen LogP contribution in [0.25, 0.3) is 16.6 Å². The van der Waals surface area contributed by atoms with Crippen molar-refractivity contribution in [1.29, 1.82) is 0 Å². The Bertz CT molecular complexity index is 1200. The molecule has 0 aliphatic carbocycles. The fourth-order valence-corrected chi connectivity index (χ4v) is 4.16. The first kappa shape index (κ1) is 18.4. The first-order valence-electron chi connectivity index (χ1n) is 10.2. The van der Waals surface area contributed by atoms with E-state index in [4.69, 9.17) is 0 Å². The van der Waals surface area contributed by atoms with Gasteiger partial charge in [0.05, 0.1) is 11.6 Å². The highest BCUT2D eigenvalue weighted by molar-refractivity contribution is 5.90. The van der Waals surface area contributed by atoms with Gasteiger partial charge in [0.25, 0.3) is 0 Å². The molecule has 6 heteroatoms. The molecule has 150 valence electrons. The normalized spacial score (nSPS) is 16.2. The van der Waals surface area contributed by atoms with Crippen molar-refractivity contribution in [2.45, 2.75) is 25.8 Å². The lowest BCUT2D eigenvalue weighted by Gasteiger charge is -2.23. The fraction of sp³-hybridized carbons (Fsp3) is 0.208. The molecule has 2 aromatic carbocycles. The Balaban J connectivity index is 1.42. The summed E-state index contributed by atoms with van der Waals surface area (Å²) in [4.78, 5) is 14.8. The highest BCUT2D eigenvalue weighted by Gasteiger charge is 2.33. The number of anilines is 1. The van der Waals surface area contributed by atoms with Gasteiger partial charge >= 0.3 is 6.03 Å². The molecule has 1 aliphatic rings. The molecule has 30 heavy (non-hydrogen) atoms. The van der Waals surface area contributed by atoms with E-state index in [0.29, 0.717) is 6.54 Å². The molecule has 1 aliphatic heterocycles. The topological polar surface area (TPSA) is 62.5 Å². The summed E-state index contributed by atoms with van der Waals surface area (Å²) in [5.41, 5.74) is 5.94. The predicted octanol–water partition coefficient (Wildman–Crippen LogP) is 5.07. The largest absolute Gasteiger partial charge is 0.322 e. The predicted molar refractivity (Wildman–Crippen MR) is 117 cm³/mol. The number of hydrogen-bond acceptors (Lipinski definition) is 3. The van der Waals surface area contributed by atoms with Crippen molar-refractivity contribution in [3.05, 3.63) is 84.2 Å². The van der Waals surface area contributed by atoms with E-state index >= 15 is 0 Å². The van der Waals surface area contributed by atoms with Crippen LogP contribution in [0.3, 0.4) is 0 Å². The van der Waals surface area contributed by atoms with E-state index < -0.39 is 0 Å². The molecule has 1 fully saturated rings. The number of urea groups is 1. The summed E-state index contributed by atoms with van der Waals surface area (Å²) in [6.45, 7) is 2.73. The van der Waals surface area contributed by atoms with Gasteiger partial charge in [-0.2, -0.15) is 0 Å². The summed E-state index contributed by atoms with van der Waals surface area (Å²) in [7, 11) is 0. The summed E-state index contributed by atoms with van der Waals surface area (Å²) >= 11 is 0. The van der Waals surface area contributed by atoms with Gasteiger partial charge in [0.2, 0.25) is 0 Å². The number of aryl methyl sites for hydroxylation is 1. The molecule has 1 saturated heterocycles. The van der Waals surface area contributed by atoms with Gasteiger partial charge in [0.1, 0.15) is 5.69 Å². The third kappa shape index (κ3) is 3.41. The van der Waals surface area contributed by atoms with Gasteiger partial charge in [-0.3, -0.25) is 0 Å². The van der Waals surface area contributed by atoms with Crippen molar-refractivity contribution in [1.82, 2.24) is 19.7 Å². The van der Waals surface area contributed by atoms with Crippen LogP contribution < -0.4 is 5.32 Å². The van der Waals surface area contributed by atoms with Crippen LogP contribution in [0.1, 0.15) is 30.1 Å². The average Bonchev–Trinajstić information content (AvgIpc) is 3.40. The van der Waals surface area contributed by atoms with Crippen molar-refractivity contribution in [3.8, 4) is 11.1 Å². The molecule has 1 atom stereocenters. The van der Waals surface area contributed by atoms with Crippen LogP contribution in [0, 0.1) is 6.92 Å². The van der Waals surface area contributed by atoms with Gasteiger partial charge in [0, 0.05) is 24.0 Å². The molecule has 0 spiro atoms. The minimum absolute atomic E-state index is 0.0742. The van der Waals surface area contributed by atoms with E-state index in [1.165, 1.54) is 0 Å². The average molecular weight is 397 g/mol. The number of amides is 2. The lowest BCUT2D eigenvalue weighted by atomic mass is 10.1. The molecular formula is C24H23N5O. The Morgan fingerprint density at radius 3 is 2.73 bits per heavy atom. The smallest absolute Gasteiger partial charge is 0.316 e. The second-order valence-corrected chi connectivity index (χ2v) is 7.74. The van der Waals surface area contributed by atoms with E-state index in [2.05, 4.69) is 33.8 Å². The van der Waals surface area contributed by atoms with E-state index in [9.17, 15) is 4.79 Å². The quantitative estimate of drug-likeness (QED) is 0.525. The van der Waals surface area contributed by atoms with Crippen molar-refractivity contribution in [2.24, 2.45) is 0 Å². The van der Waals surface area contributed by atoms with Crippen LogP contribution >= 0.6 is 0 Å². The Hall–Kier alpha value is -3.67. The molecular weight excluding hydrogens is 374 g/mol. The number of hydrogen-bond donors (Lipinski definition) is 1. The molecule has 6 nitrogen and oxygen atoms in total. The van der Waals surface area contributed by atoms with Gasteiger partial charge in [-0.05, 0) is 49.1 Å². The Morgan fingerprint density at radius 2 is 1.90 bits per heavy atom. The number of fused-ring (bicyclic) bond motifs is 1. The number of nitrogens with one attached hydrogen (secondary N) is 1. The first-order valence-corrected chi connectivity index (χ1v) is 10.2.